The first-order valence-electron chi connectivity index (χ1n) is 8.62. The summed E-state index contributed by atoms with van der Waals surface area (Å²) in [5.74, 6) is -1.23. The summed E-state index contributed by atoms with van der Waals surface area (Å²) in [4.78, 5) is 41.8. The molecule has 0 aliphatic heterocycles. The summed E-state index contributed by atoms with van der Waals surface area (Å²) in [6.07, 6.45) is 3.16. The zero-order valence-electron chi connectivity index (χ0n) is 16.4. The molecule has 0 aliphatic carbocycles. The van der Waals surface area contributed by atoms with E-state index in [-0.39, 0.29) is 23.5 Å². The summed E-state index contributed by atoms with van der Waals surface area (Å²) in [6.45, 7) is 10.2. The van der Waals surface area contributed by atoms with Gasteiger partial charge in [-0.05, 0) is 53.2 Å². The molecular formula is C19H24N4O4. The Morgan fingerprint density at radius 2 is 1.96 bits per heavy atom. The SMILES string of the molecule is CCn1nc(C(=O)OC(C)(C)C)c(C(C)=O)c(Nc2cnccc2C)c1=O. The molecule has 0 unspecified atom stereocenters. The van der Waals surface area contributed by atoms with Gasteiger partial charge < -0.3 is 10.1 Å². The lowest BCUT2D eigenvalue weighted by Crippen LogP contribution is -2.33. The van der Waals surface area contributed by atoms with E-state index >= 15 is 0 Å². The second-order valence-corrected chi connectivity index (χ2v) is 7.09. The van der Waals surface area contributed by atoms with Crippen molar-refractivity contribution in [3.8, 4) is 0 Å². The van der Waals surface area contributed by atoms with Crippen LogP contribution in [0.25, 0.3) is 0 Å². The lowest BCUT2D eigenvalue weighted by atomic mass is 10.1. The minimum atomic E-state index is -0.770. The topological polar surface area (TPSA) is 103 Å². The Morgan fingerprint density at radius 3 is 2.48 bits per heavy atom. The van der Waals surface area contributed by atoms with E-state index in [1.807, 2.05) is 6.92 Å². The van der Waals surface area contributed by atoms with E-state index in [0.717, 1.165) is 10.2 Å². The lowest BCUT2D eigenvalue weighted by molar-refractivity contribution is 0.00582. The van der Waals surface area contributed by atoms with Crippen molar-refractivity contribution >= 4 is 23.1 Å². The normalized spacial score (nSPS) is 11.2. The van der Waals surface area contributed by atoms with E-state index in [1.54, 1.807) is 46.2 Å². The van der Waals surface area contributed by atoms with Crippen LogP contribution in [0.3, 0.4) is 0 Å². The monoisotopic (exact) mass is 372 g/mol. The van der Waals surface area contributed by atoms with E-state index in [2.05, 4.69) is 15.4 Å². The molecule has 0 fully saturated rings. The molecule has 2 rings (SSSR count). The summed E-state index contributed by atoms with van der Waals surface area (Å²) in [6, 6.07) is 1.77. The van der Waals surface area contributed by atoms with Gasteiger partial charge in [0.05, 0.1) is 17.4 Å². The molecule has 0 saturated heterocycles. The first-order valence-corrected chi connectivity index (χ1v) is 8.62. The maximum atomic E-state index is 12.8. The van der Waals surface area contributed by atoms with Gasteiger partial charge in [-0.2, -0.15) is 5.10 Å². The lowest BCUT2D eigenvalue weighted by Gasteiger charge is -2.21. The quantitative estimate of drug-likeness (QED) is 0.636. The molecule has 8 nitrogen and oxygen atoms in total. The molecule has 0 aromatic carbocycles. The first kappa shape index (κ1) is 20.3. The van der Waals surface area contributed by atoms with E-state index < -0.39 is 22.9 Å². The minimum absolute atomic E-state index is 0.0173. The van der Waals surface area contributed by atoms with Gasteiger partial charge in [0.2, 0.25) is 0 Å². The molecule has 0 atom stereocenters. The Balaban J connectivity index is 2.72. The number of anilines is 2. The van der Waals surface area contributed by atoms with Crippen molar-refractivity contribution in [2.75, 3.05) is 5.32 Å². The molecule has 0 bridgehead atoms. The number of aromatic nitrogens is 3. The highest BCUT2D eigenvalue weighted by molar-refractivity contribution is 6.08. The van der Waals surface area contributed by atoms with Crippen LogP contribution in [0.1, 0.15) is 61.0 Å². The molecule has 0 radical (unpaired) electrons. The van der Waals surface area contributed by atoms with Crippen molar-refractivity contribution in [2.24, 2.45) is 0 Å². The van der Waals surface area contributed by atoms with E-state index in [4.69, 9.17) is 4.74 Å². The molecule has 8 heteroatoms. The highest BCUT2D eigenvalue weighted by Gasteiger charge is 2.29. The Kier molecular flexibility index (Phi) is 5.78. The van der Waals surface area contributed by atoms with Crippen molar-refractivity contribution in [1.29, 1.82) is 0 Å². The maximum Gasteiger partial charge on any atom is 0.360 e. The molecule has 144 valence electrons. The van der Waals surface area contributed by atoms with Gasteiger partial charge in [0, 0.05) is 12.7 Å². The molecule has 27 heavy (non-hydrogen) atoms. The fraction of sp³-hybridized carbons (Fsp3) is 0.421. The fourth-order valence-corrected chi connectivity index (χ4v) is 2.44. The number of ketones is 1. The smallest absolute Gasteiger partial charge is 0.360 e. The molecule has 2 aromatic rings. The highest BCUT2D eigenvalue weighted by atomic mass is 16.6. The molecule has 0 aliphatic rings. The fourth-order valence-electron chi connectivity index (χ4n) is 2.44. The molecule has 0 saturated carbocycles. The van der Waals surface area contributed by atoms with Gasteiger partial charge in [0.1, 0.15) is 11.3 Å². The van der Waals surface area contributed by atoms with Crippen LogP contribution in [0.5, 0.6) is 0 Å². The second-order valence-electron chi connectivity index (χ2n) is 7.09. The summed E-state index contributed by atoms with van der Waals surface area (Å²) in [5.41, 5.74) is -0.188. The van der Waals surface area contributed by atoms with Gasteiger partial charge in [-0.1, -0.05) is 0 Å². The van der Waals surface area contributed by atoms with Gasteiger partial charge in [-0.3, -0.25) is 14.6 Å². The van der Waals surface area contributed by atoms with E-state index in [1.165, 1.54) is 6.92 Å². The third-order valence-electron chi connectivity index (χ3n) is 3.70. The molecule has 0 spiro atoms. The number of Topliss-reactive ketones (excluding diaryl/α,β-unsaturated/α-hetero) is 1. The number of ether oxygens (including phenoxy) is 1. The van der Waals surface area contributed by atoms with Crippen molar-refractivity contribution in [3.63, 3.8) is 0 Å². The Labute approximate surface area is 157 Å². The van der Waals surface area contributed by atoms with Gasteiger partial charge in [0.15, 0.2) is 11.5 Å². The van der Waals surface area contributed by atoms with Crippen molar-refractivity contribution in [2.45, 2.75) is 53.7 Å². The number of hydrogen-bond donors (Lipinski definition) is 1. The average molecular weight is 372 g/mol. The minimum Gasteiger partial charge on any atom is -0.455 e. The molecular weight excluding hydrogens is 348 g/mol. The van der Waals surface area contributed by atoms with Crippen LogP contribution in [0.2, 0.25) is 0 Å². The van der Waals surface area contributed by atoms with Crippen LogP contribution >= 0.6 is 0 Å². The zero-order valence-corrected chi connectivity index (χ0v) is 16.4. The first-order chi connectivity index (χ1) is 12.5. The number of carbonyl (C=O) groups excluding carboxylic acids is 2. The Bertz CT molecular complexity index is 942. The van der Waals surface area contributed by atoms with Crippen LogP contribution in [-0.2, 0) is 11.3 Å². The van der Waals surface area contributed by atoms with Crippen LogP contribution in [0.15, 0.2) is 23.3 Å². The third kappa shape index (κ3) is 4.58. The highest BCUT2D eigenvalue weighted by Crippen LogP contribution is 2.23. The Hall–Kier alpha value is -3.03. The molecule has 2 aromatic heterocycles. The van der Waals surface area contributed by atoms with Gasteiger partial charge in [-0.15, -0.1) is 0 Å². The van der Waals surface area contributed by atoms with E-state index in [0.29, 0.717) is 5.69 Å². The van der Waals surface area contributed by atoms with Gasteiger partial charge in [-0.25, -0.2) is 9.48 Å². The van der Waals surface area contributed by atoms with Crippen LogP contribution in [0, 0.1) is 6.92 Å². The van der Waals surface area contributed by atoms with Crippen LogP contribution in [0.4, 0.5) is 11.4 Å². The average Bonchev–Trinajstić information content (AvgIpc) is 2.56. The summed E-state index contributed by atoms with van der Waals surface area (Å²) in [5, 5.41) is 7.03. The van der Waals surface area contributed by atoms with Gasteiger partial charge >= 0.3 is 5.97 Å². The number of carbonyl (C=O) groups is 2. The van der Waals surface area contributed by atoms with Crippen molar-refractivity contribution in [3.05, 3.63) is 45.6 Å². The predicted octanol–water partition coefficient (Wildman–Crippen LogP) is 2.87. The van der Waals surface area contributed by atoms with Crippen molar-refractivity contribution < 1.29 is 14.3 Å². The van der Waals surface area contributed by atoms with Gasteiger partial charge in [0.25, 0.3) is 5.56 Å². The Morgan fingerprint density at radius 1 is 1.30 bits per heavy atom. The number of pyridine rings is 1. The predicted molar refractivity (Wildman–Crippen MR) is 102 cm³/mol. The standard InChI is InChI=1S/C19H24N4O4/c1-7-23-17(25)15(21-13-10-20-9-8-11(13)2)14(12(3)24)16(22-23)18(26)27-19(4,5)6/h8-10,21H,7H2,1-6H3. The number of hydrogen-bond acceptors (Lipinski definition) is 7. The summed E-state index contributed by atoms with van der Waals surface area (Å²) >= 11 is 0. The number of nitrogens with zero attached hydrogens (tertiary/aromatic N) is 3. The van der Waals surface area contributed by atoms with E-state index in [9.17, 15) is 14.4 Å². The third-order valence-corrected chi connectivity index (χ3v) is 3.70. The number of nitrogens with one attached hydrogen (secondary N) is 1. The number of rotatable bonds is 5. The summed E-state index contributed by atoms with van der Waals surface area (Å²) < 4.78 is 6.50. The number of esters is 1. The maximum absolute atomic E-state index is 12.8. The van der Waals surface area contributed by atoms with Crippen LogP contribution < -0.4 is 10.9 Å². The molecule has 2 heterocycles. The largest absolute Gasteiger partial charge is 0.455 e. The second kappa shape index (κ2) is 7.69. The summed E-state index contributed by atoms with van der Waals surface area (Å²) in [7, 11) is 0. The zero-order chi connectivity index (χ0) is 20.4. The van der Waals surface area contributed by atoms with Crippen LogP contribution in [-0.4, -0.2) is 32.1 Å². The molecule has 0 amide bonds. The molecule has 1 N–H and O–H groups in total. The number of aryl methyl sites for hydroxylation is 2. The van der Waals surface area contributed by atoms with Crippen molar-refractivity contribution in [1.82, 2.24) is 14.8 Å².